The number of nitrogens with zero attached hydrogens (tertiary/aromatic N) is 2. The second kappa shape index (κ2) is 5.64. The summed E-state index contributed by atoms with van der Waals surface area (Å²) in [6.07, 6.45) is 4.55. The number of halogens is 1. The SMILES string of the molecule is CCn1ccnc1CC(NN)c1ccc(Cl)s1. The minimum atomic E-state index is 0.0557. The van der Waals surface area contributed by atoms with E-state index in [2.05, 4.69) is 21.9 Å². The van der Waals surface area contributed by atoms with Gasteiger partial charge in [-0.25, -0.2) is 4.98 Å². The van der Waals surface area contributed by atoms with Crippen molar-refractivity contribution in [3.63, 3.8) is 0 Å². The number of hydrazine groups is 1. The molecule has 4 nitrogen and oxygen atoms in total. The molecule has 0 saturated carbocycles. The molecule has 17 heavy (non-hydrogen) atoms. The molecule has 3 N–H and O–H groups in total. The normalized spacial score (nSPS) is 12.9. The standard InChI is InChI=1S/C11H15ClN4S/c1-2-16-6-5-14-11(16)7-8(15-13)9-3-4-10(12)17-9/h3-6,8,15H,2,7,13H2,1H3. The molecule has 0 aliphatic heterocycles. The predicted octanol–water partition coefficient (Wildman–Crippen LogP) is 2.37. The van der Waals surface area contributed by atoms with Crippen LogP contribution in [-0.2, 0) is 13.0 Å². The highest BCUT2D eigenvalue weighted by Gasteiger charge is 2.15. The number of aryl methyl sites for hydroxylation is 1. The third-order valence-electron chi connectivity index (χ3n) is 2.67. The van der Waals surface area contributed by atoms with Crippen molar-refractivity contribution in [2.75, 3.05) is 0 Å². The Morgan fingerprint density at radius 2 is 2.41 bits per heavy atom. The summed E-state index contributed by atoms with van der Waals surface area (Å²) in [4.78, 5) is 5.47. The summed E-state index contributed by atoms with van der Waals surface area (Å²) in [7, 11) is 0. The van der Waals surface area contributed by atoms with Gasteiger partial charge in [0.1, 0.15) is 5.82 Å². The number of nitrogens with two attached hydrogens (primary N) is 1. The molecule has 0 radical (unpaired) electrons. The Hall–Kier alpha value is -0.880. The van der Waals surface area contributed by atoms with Crippen molar-refractivity contribution in [2.24, 2.45) is 5.84 Å². The zero-order valence-electron chi connectivity index (χ0n) is 9.56. The fraction of sp³-hybridized carbons (Fsp3) is 0.364. The summed E-state index contributed by atoms with van der Waals surface area (Å²) < 4.78 is 2.89. The Morgan fingerprint density at radius 1 is 1.59 bits per heavy atom. The topological polar surface area (TPSA) is 55.9 Å². The average Bonchev–Trinajstić information content (AvgIpc) is 2.94. The highest BCUT2D eigenvalue weighted by atomic mass is 35.5. The minimum Gasteiger partial charge on any atom is -0.335 e. The Bertz CT molecular complexity index is 479. The summed E-state index contributed by atoms with van der Waals surface area (Å²) in [5, 5.41) is 0. The molecule has 1 unspecified atom stereocenters. The van der Waals surface area contributed by atoms with Crippen molar-refractivity contribution in [2.45, 2.75) is 25.9 Å². The number of imidazole rings is 1. The molecule has 1 atom stereocenters. The summed E-state index contributed by atoms with van der Waals surface area (Å²) in [6.45, 7) is 3.01. The quantitative estimate of drug-likeness (QED) is 0.648. The molecule has 0 fully saturated rings. The van der Waals surface area contributed by atoms with Crippen molar-refractivity contribution in [3.05, 3.63) is 39.6 Å². The van der Waals surface area contributed by atoms with Crippen LogP contribution in [0.5, 0.6) is 0 Å². The lowest BCUT2D eigenvalue weighted by molar-refractivity contribution is 0.530. The second-order valence-corrected chi connectivity index (χ2v) is 5.44. The summed E-state index contributed by atoms with van der Waals surface area (Å²) >= 11 is 7.47. The number of hydrogen-bond acceptors (Lipinski definition) is 4. The zero-order chi connectivity index (χ0) is 12.3. The van der Waals surface area contributed by atoms with Gasteiger partial charge in [-0.1, -0.05) is 11.6 Å². The van der Waals surface area contributed by atoms with Crippen LogP contribution in [0.25, 0.3) is 0 Å². The van der Waals surface area contributed by atoms with E-state index in [1.54, 1.807) is 11.3 Å². The van der Waals surface area contributed by atoms with Crippen LogP contribution in [-0.4, -0.2) is 9.55 Å². The van der Waals surface area contributed by atoms with Gasteiger partial charge in [0.25, 0.3) is 0 Å². The number of aromatic nitrogens is 2. The maximum absolute atomic E-state index is 5.93. The molecule has 2 rings (SSSR count). The molecule has 2 aromatic heterocycles. The van der Waals surface area contributed by atoms with Gasteiger partial charge in [0.2, 0.25) is 0 Å². The molecule has 0 bridgehead atoms. The molecule has 6 heteroatoms. The molecule has 92 valence electrons. The molecule has 0 spiro atoms. The Labute approximate surface area is 109 Å². The Kier molecular flexibility index (Phi) is 4.17. The van der Waals surface area contributed by atoms with Crippen LogP contribution >= 0.6 is 22.9 Å². The largest absolute Gasteiger partial charge is 0.335 e. The monoisotopic (exact) mass is 270 g/mol. The fourth-order valence-electron chi connectivity index (χ4n) is 1.76. The van der Waals surface area contributed by atoms with E-state index in [4.69, 9.17) is 17.4 Å². The van der Waals surface area contributed by atoms with E-state index in [9.17, 15) is 0 Å². The van der Waals surface area contributed by atoms with E-state index < -0.39 is 0 Å². The zero-order valence-corrected chi connectivity index (χ0v) is 11.1. The van der Waals surface area contributed by atoms with Crippen LogP contribution < -0.4 is 11.3 Å². The maximum Gasteiger partial charge on any atom is 0.110 e. The molecule has 0 aliphatic rings. The van der Waals surface area contributed by atoms with Crippen molar-refractivity contribution in [3.8, 4) is 0 Å². The molecular weight excluding hydrogens is 256 g/mol. The van der Waals surface area contributed by atoms with Gasteiger partial charge >= 0.3 is 0 Å². The predicted molar refractivity (Wildman–Crippen MR) is 71.0 cm³/mol. The van der Waals surface area contributed by atoms with Gasteiger partial charge < -0.3 is 4.57 Å². The van der Waals surface area contributed by atoms with E-state index in [0.717, 1.165) is 28.0 Å². The first-order valence-electron chi connectivity index (χ1n) is 5.46. The van der Waals surface area contributed by atoms with E-state index in [0.29, 0.717) is 0 Å². The van der Waals surface area contributed by atoms with E-state index in [1.165, 1.54) is 0 Å². The van der Waals surface area contributed by atoms with Crippen LogP contribution in [0.2, 0.25) is 4.34 Å². The van der Waals surface area contributed by atoms with Gasteiger partial charge in [0, 0.05) is 30.2 Å². The van der Waals surface area contributed by atoms with Gasteiger partial charge in [-0.3, -0.25) is 11.3 Å². The van der Waals surface area contributed by atoms with Gasteiger partial charge in [0.15, 0.2) is 0 Å². The van der Waals surface area contributed by atoms with Gasteiger partial charge in [-0.2, -0.15) is 0 Å². The Balaban J connectivity index is 2.15. The molecule has 0 aromatic carbocycles. The third-order valence-corrected chi connectivity index (χ3v) is 4.01. The maximum atomic E-state index is 5.93. The van der Waals surface area contributed by atoms with Crippen molar-refractivity contribution in [1.82, 2.24) is 15.0 Å². The smallest absolute Gasteiger partial charge is 0.110 e. The highest BCUT2D eigenvalue weighted by Crippen LogP contribution is 2.28. The molecule has 0 amide bonds. The Morgan fingerprint density at radius 3 is 3.00 bits per heavy atom. The first-order chi connectivity index (χ1) is 8.24. The summed E-state index contributed by atoms with van der Waals surface area (Å²) in [5.41, 5.74) is 2.82. The molecule has 2 heterocycles. The van der Waals surface area contributed by atoms with Crippen molar-refractivity contribution >= 4 is 22.9 Å². The van der Waals surface area contributed by atoms with Gasteiger partial charge in [-0.15, -0.1) is 11.3 Å². The summed E-state index contributed by atoms with van der Waals surface area (Å²) in [6, 6.07) is 3.94. The highest BCUT2D eigenvalue weighted by molar-refractivity contribution is 7.16. The number of nitrogens with one attached hydrogen (secondary N) is 1. The van der Waals surface area contributed by atoms with Crippen molar-refractivity contribution < 1.29 is 0 Å². The number of thiophene rings is 1. The average molecular weight is 271 g/mol. The lowest BCUT2D eigenvalue weighted by Crippen LogP contribution is -2.29. The first kappa shape index (κ1) is 12.6. The van der Waals surface area contributed by atoms with Crippen molar-refractivity contribution in [1.29, 1.82) is 0 Å². The molecule has 0 saturated heterocycles. The lowest BCUT2D eigenvalue weighted by atomic mass is 10.1. The molecule has 0 aliphatic carbocycles. The van der Waals surface area contributed by atoms with E-state index in [1.807, 2.05) is 24.5 Å². The van der Waals surface area contributed by atoms with Gasteiger partial charge in [-0.05, 0) is 19.1 Å². The van der Waals surface area contributed by atoms with Crippen LogP contribution in [0.4, 0.5) is 0 Å². The minimum absolute atomic E-state index is 0.0557. The van der Waals surface area contributed by atoms with E-state index in [-0.39, 0.29) is 6.04 Å². The first-order valence-corrected chi connectivity index (χ1v) is 6.65. The van der Waals surface area contributed by atoms with Crippen LogP contribution in [0.1, 0.15) is 23.7 Å². The number of hydrogen-bond donors (Lipinski definition) is 2. The number of rotatable bonds is 5. The summed E-state index contributed by atoms with van der Waals surface area (Å²) in [5.74, 6) is 6.63. The molecular formula is C11H15ClN4S. The third kappa shape index (κ3) is 2.87. The fourth-order valence-corrected chi connectivity index (χ4v) is 2.88. The second-order valence-electron chi connectivity index (χ2n) is 3.69. The van der Waals surface area contributed by atoms with Crippen LogP contribution in [0.3, 0.4) is 0 Å². The van der Waals surface area contributed by atoms with Crippen LogP contribution in [0.15, 0.2) is 24.5 Å². The lowest BCUT2D eigenvalue weighted by Gasteiger charge is -2.14. The van der Waals surface area contributed by atoms with E-state index >= 15 is 0 Å². The van der Waals surface area contributed by atoms with Crippen LogP contribution in [0, 0.1) is 0 Å². The van der Waals surface area contributed by atoms with Gasteiger partial charge in [0.05, 0.1) is 10.4 Å². The molecule has 2 aromatic rings.